The smallest absolute Gasteiger partial charge is 0.223 e. The summed E-state index contributed by atoms with van der Waals surface area (Å²) in [5.74, 6) is 0.205. The molecule has 1 aromatic heterocycles. The normalized spacial score (nSPS) is 14.1. The van der Waals surface area contributed by atoms with Crippen molar-refractivity contribution in [3.63, 3.8) is 0 Å². The first-order valence-corrected chi connectivity index (χ1v) is 10.0. The molecule has 0 bridgehead atoms. The lowest BCUT2D eigenvalue weighted by Gasteiger charge is -2.20. The fourth-order valence-corrected chi connectivity index (χ4v) is 3.40. The van der Waals surface area contributed by atoms with E-state index in [9.17, 15) is 4.79 Å². The molecule has 0 unspecified atom stereocenters. The Balaban J connectivity index is 1.53. The highest BCUT2D eigenvalue weighted by Gasteiger charge is 2.14. The number of hydrogen-bond acceptors (Lipinski definition) is 3. The maximum Gasteiger partial charge on any atom is 0.223 e. The van der Waals surface area contributed by atoms with Gasteiger partial charge in [-0.25, -0.2) is 0 Å². The molecule has 27 heavy (non-hydrogen) atoms. The number of hydrogen-bond donors (Lipinski definition) is 1. The first-order chi connectivity index (χ1) is 13.3. The quantitative estimate of drug-likeness (QED) is 0.780. The van der Waals surface area contributed by atoms with E-state index < -0.39 is 0 Å². The summed E-state index contributed by atoms with van der Waals surface area (Å²) in [6, 6.07) is 12.3. The molecule has 1 aromatic carbocycles. The number of aromatic nitrogens is 2. The van der Waals surface area contributed by atoms with Gasteiger partial charge in [-0.2, -0.15) is 5.10 Å². The second-order valence-corrected chi connectivity index (χ2v) is 7.03. The second kappa shape index (κ2) is 10.1. The van der Waals surface area contributed by atoms with Crippen molar-refractivity contribution in [3.05, 3.63) is 59.4 Å². The van der Waals surface area contributed by atoms with Gasteiger partial charge in [0, 0.05) is 39.0 Å². The Labute approximate surface area is 162 Å². The molecule has 0 saturated heterocycles. The molecule has 0 atom stereocenters. The second-order valence-electron chi connectivity index (χ2n) is 7.03. The Kier molecular flexibility index (Phi) is 7.22. The maximum absolute atomic E-state index is 12.7. The van der Waals surface area contributed by atoms with Crippen LogP contribution in [0.2, 0.25) is 0 Å². The van der Waals surface area contributed by atoms with Gasteiger partial charge in [0.15, 0.2) is 0 Å². The zero-order valence-electron chi connectivity index (χ0n) is 16.2. The Bertz CT molecular complexity index is 727. The third kappa shape index (κ3) is 5.79. The Morgan fingerprint density at radius 3 is 3.00 bits per heavy atom. The van der Waals surface area contributed by atoms with Crippen molar-refractivity contribution in [1.29, 1.82) is 0 Å². The molecule has 1 aliphatic rings. The minimum atomic E-state index is 0.205. The molecule has 1 amide bonds. The molecule has 1 aliphatic heterocycles. The average molecular weight is 367 g/mol. The summed E-state index contributed by atoms with van der Waals surface area (Å²) in [4.78, 5) is 14.6. The van der Waals surface area contributed by atoms with Gasteiger partial charge in [0.2, 0.25) is 5.91 Å². The van der Waals surface area contributed by atoms with E-state index in [4.69, 9.17) is 0 Å². The van der Waals surface area contributed by atoms with Gasteiger partial charge in [0.05, 0.1) is 11.4 Å². The number of aryl methyl sites for hydroxylation is 2. The van der Waals surface area contributed by atoms with Crippen LogP contribution in [0.1, 0.15) is 43.1 Å². The van der Waals surface area contributed by atoms with Crippen LogP contribution in [0, 0.1) is 0 Å². The minimum absolute atomic E-state index is 0.205. The molecule has 144 valence electrons. The molecule has 0 saturated carbocycles. The third-order valence-corrected chi connectivity index (χ3v) is 4.82. The monoisotopic (exact) mass is 366 g/mol. The van der Waals surface area contributed by atoms with Crippen molar-refractivity contribution >= 4 is 12.0 Å². The molecular weight excluding hydrogens is 336 g/mol. The number of benzene rings is 1. The Morgan fingerprint density at radius 1 is 1.33 bits per heavy atom. The predicted molar refractivity (Wildman–Crippen MR) is 109 cm³/mol. The molecule has 5 nitrogen and oxygen atoms in total. The van der Waals surface area contributed by atoms with Crippen molar-refractivity contribution in [2.75, 3.05) is 19.6 Å². The van der Waals surface area contributed by atoms with Crippen molar-refractivity contribution in [2.24, 2.45) is 0 Å². The standard InChI is InChI=1S/C22H30N4O/c1-2-14-25(15-6-10-19-8-4-3-5-9-19)22(27)12-11-20-17-21-18-23-13-7-16-26(21)24-20/h3-6,8-10,17,23H,2,7,11-16,18H2,1H3. The van der Waals surface area contributed by atoms with Crippen LogP contribution < -0.4 is 5.32 Å². The van der Waals surface area contributed by atoms with E-state index in [0.717, 1.165) is 50.3 Å². The SMILES string of the molecule is CCCN(CC=Cc1ccccc1)C(=O)CCc1cc2n(n1)CCCNC2. The Hall–Kier alpha value is -2.40. The molecular formula is C22H30N4O. The highest BCUT2D eigenvalue weighted by Crippen LogP contribution is 2.11. The van der Waals surface area contributed by atoms with Crippen molar-refractivity contribution in [3.8, 4) is 0 Å². The van der Waals surface area contributed by atoms with Crippen molar-refractivity contribution < 1.29 is 4.79 Å². The molecule has 3 rings (SSSR count). The van der Waals surface area contributed by atoms with Gasteiger partial charge >= 0.3 is 0 Å². The third-order valence-electron chi connectivity index (χ3n) is 4.82. The van der Waals surface area contributed by atoms with Crippen LogP contribution in [-0.4, -0.2) is 40.2 Å². The zero-order chi connectivity index (χ0) is 18.9. The van der Waals surface area contributed by atoms with Crippen LogP contribution in [0.4, 0.5) is 0 Å². The minimum Gasteiger partial charge on any atom is -0.339 e. The fraction of sp³-hybridized carbons (Fsp3) is 0.455. The van der Waals surface area contributed by atoms with Gasteiger partial charge in [-0.3, -0.25) is 9.48 Å². The Morgan fingerprint density at radius 2 is 2.19 bits per heavy atom. The maximum atomic E-state index is 12.7. The molecule has 5 heteroatoms. The topological polar surface area (TPSA) is 50.2 Å². The number of rotatable bonds is 8. The molecule has 2 heterocycles. The van der Waals surface area contributed by atoms with E-state index in [0.29, 0.717) is 19.4 Å². The fourth-order valence-electron chi connectivity index (χ4n) is 3.40. The van der Waals surface area contributed by atoms with Gasteiger partial charge in [0.25, 0.3) is 0 Å². The van der Waals surface area contributed by atoms with Gasteiger partial charge in [-0.05, 0) is 31.0 Å². The molecule has 2 aromatic rings. The summed E-state index contributed by atoms with van der Waals surface area (Å²) in [5.41, 5.74) is 3.42. The summed E-state index contributed by atoms with van der Waals surface area (Å²) >= 11 is 0. The van der Waals surface area contributed by atoms with Gasteiger partial charge < -0.3 is 10.2 Å². The number of fused-ring (bicyclic) bond motifs is 1. The van der Waals surface area contributed by atoms with E-state index in [1.54, 1.807) is 0 Å². The largest absolute Gasteiger partial charge is 0.339 e. The summed E-state index contributed by atoms with van der Waals surface area (Å²) in [6.07, 6.45) is 7.45. The number of nitrogens with one attached hydrogen (secondary N) is 1. The summed E-state index contributed by atoms with van der Waals surface area (Å²) < 4.78 is 2.09. The van der Waals surface area contributed by atoms with Crippen molar-refractivity contribution in [1.82, 2.24) is 20.0 Å². The average Bonchev–Trinajstić information content (AvgIpc) is 2.95. The molecule has 1 N–H and O–H groups in total. The van der Waals surface area contributed by atoms with Crippen LogP contribution in [0.5, 0.6) is 0 Å². The summed E-state index contributed by atoms with van der Waals surface area (Å²) in [5, 5.41) is 8.09. The highest BCUT2D eigenvalue weighted by molar-refractivity contribution is 5.76. The lowest BCUT2D eigenvalue weighted by atomic mass is 10.2. The van der Waals surface area contributed by atoms with E-state index in [1.807, 2.05) is 23.1 Å². The zero-order valence-corrected chi connectivity index (χ0v) is 16.2. The van der Waals surface area contributed by atoms with Crippen LogP contribution >= 0.6 is 0 Å². The number of amides is 1. The van der Waals surface area contributed by atoms with E-state index in [2.05, 4.69) is 52.4 Å². The summed E-state index contributed by atoms with van der Waals surface area (Å²) in [6.45, 7) is 6.43. The van der Waals surface area contributed by atoms with Gasteiger partial charge in [-0.15, -0.1) is 0 Å². The first kappa shape index (κ1) is 19.4. The number of nitrogens with zero attached hydrogens (tertiary/aromatic N) is 3. The van der Waals surface area contributed by atoms with Crippen LogP contribution in [-0.2, 0) is 24.3 Å². The summed E-state index contributed by atoms with van der Waals surface area (Å²) in [7, 11) is 0. The van der Waals surface area contributed by atoms with E-state index in [1.165, 1.54) is 5.69 Å². The first-order valence-electron chi connectivity index (χ1n) is 10.0. The molecule has 0 fully saturated rings. The lowest BCUT2D eigenvalue weighted by Crippen LogP contribution is -2.32. The van der Waals surface area contributed by atoms with E-state index in [-0.39, 0.29) is 5.91 Å². The van der Waals surface area contributed by atoms with Crippen molar-refractivity contribution in [2.45, 2.75) is 45.7 Å². The van der Waals surface area contributed by atoms with Gasteiger partial charge in [-0.1, -0.05) is 49.4 Å². The van der Waals surface area contributed by atoms with Crippen LogP contribution in [0.15, 0.2) is 42.5 Å². The highest BCUT2D eigenvalue weighted by atomic mass is 16.2. The number of carbonyl (C=O) groups is 1. The molecule has 0 aliphatic carbocycles. The predicted octanol–water partition coefficient (Wildman–Crippen LogP) is 3.26. The lowest BCUT2D eigenvalue weighted by molar-refractivity contribution is -0.130. The number of carbonyl (C=O) groups excluding carboxylic acids is 1. The van der Waals surface area contributed by atoms with Crippen LogP contribution in [0.25, 0.3) is 6.08 Å². The van der Waals surface area contributed by atoms with E-state index >= 15 is 0 Å². The van der Waals surface area contributed by atoms with Gasteiger partial charge in [0.1, 0.15) is 0 Å². The van der Waals surface area contributed by atoms with Crippen LogP contribution in [0.3, 0.4) is 0 Å². The molecule has 0 spiro atoms. The molecule has 0 radical (unpaired) electrons.